The van der Waals surface area contributed by atoms with Crippen LogP contribution in [-0.2, 0) is 72.6 Å². The Morgan fingerprint density at radius 3 is 2.33 bits per heavy atom. The van der Waals surface area contributed by atoms with Crippen LogP contribution in [0.4, 0.5) is 0 Å². The van der Waals surface area contributed by atoms with Crippen LogP contribution < -0.4 is 19.9 Å². The van der Waals surface area contributed by atoms with E-state index in [1.165, 1.54) is 30.1 Å². The number of methoxy groups -OCH3 is 1. The summed E-state index contributed by atoms with van der Waals surface area (Å²) < 4.78 is 87.2. The number of thiazole rings is 1. The Morgan fingerprint density at radius 2 is 1.59 bits per heavy atom. The number of ether oxygens (including phenoxy) is 6. The number of carbonyl (C=O) groups is 2. The van der Waals surface area contributed by atoms with E-state index in [0.717, 1.165) is 22.5 Å². The summed E-state index contributed by atoms with van der Waals surface area (Å²) in [6.45, 7) is 2.58. The first-order valence-corrected chi connectivity index (χ1v) is 21.3. The molecule has 5 aromatic rings. The molecular weight excluding hydrogens is 821 g/mol. The van der Waals surface area contributed by atoms with Gasteiger partial charge in [-0.05, 0) is 55.0 Å². The highest BCUT2D eigenvalue weighted by atomic mass is 32.2. The molecule has 0 bridgehead atoms. The number of benzene rings is 3. The van der Waals surface area contributed by atoms with Gasteiger partial charge in [0.1, 0.15) is 37.0 Å². The first kappa shape index (κ1) is 44.0. The van der Waals surface area contributed by atoms with Crippen LogP contribution in [0, 0.1) is 6.92 Å². The van der Waals surface area contributed by atoms with Crippen LogP contribution in [0.25, 0.3) is 10.2 Å². The van der Waals surface area contributed by atoms with Crippen molar-refractivity contribution >= 4 is 53.6 Å². The lowest BCUT2D eigenvalue weighted by molar-refractivity contribution is -0.147. The van der Waals surface area contributed by atoms with Gasteiger partial charge in [-0.2, -0.15) is 8.42 Å². The lowest BCUT2D eigenvalue weighted by atomic mass is 10.2. The zero-order chi connectivity index (χ0) is 41.5. The molecule has 0 unspecified atom stereocenters. The van der Waals surface area contributed by atoms with Gasteiger partial charge in [0.25, 0.3) is 20.1 Å². The molecule has 58 heavy (non-hydrogen) atoms. The maximum Gasteiger partial charge on any atom is 0.330 e. The monoisotopic (exact) mass is 862 g/mol. The van der Waals surface area contributed by atoms with Crippen molar-refractivity contribution in [2.75, 3.05) is 53.4 Å². The number of esters is 1. The highest BCUT2D eigenvalue weighted by Crippen LogP contribution is 2.28. The molecule has 2 heterocycles. The third-order valence-corrected chi connectivity index (χ3v) is 11.4. The SMILES string of the molecule is COC(=O)[C@H](COCc1cccc(OCCOCCOCCOS(=O)(=O)c2ccc(C)cc2)c1)NC(=O)Cn1cc(COc2ccc3nc(S(N)(=O)=O)sc3c2)nn1. The van der Waals surface area contributed by atoms with Crippen molar-refractivity contribution in [3.05, 3.63) is 89.7 Å². The van der Waals surface area contributed by atoms with Crippen LogP contribution in [0.15, 0.2) is 82.2 Å². The van der Waals surface area contributed by atoms with Crippen LogP contribution in [-0.4, -0.2) is 108 Å². The second-order valence-corrected chi connectivity index (χ2v) is 16.7. The fourth-order valence-corrected chi connectivity index (χ4v) is 7.55. The van der Waals surface area contributed by atoms with Gasteiger partial charge in [0.05, 0.1) is 74.7 Å². The smallest absolute Gasteiger partial charge is 0.330 e. The zero-order valence-corrected chi connectivity index (χ0v) is 33.9. The standard InChI is InChI=1S/C36H42N6O13S3/c1-25-6-9-30(10-7-25)58(47,48)55-17-15-51-13-12-50-14-16-53-28-5-3-4-26(18-28)22-52-24-32(35(44)49-2)38-34(43)21-42-20-27(40-41-42)23-54-29-8-11-31-33(19-29)56-36(39-31)57(37,45)46/h3-11,18-20,32H,12-17,21-24H2,1-2H3,(H,38,43)(H2,37,45,46)/t32-/m0/s1. The lowest BCUT2D eigenvalue weighted by Gasteiger charge is -2.17. The molecule has 0 aliphatic heterocycles. The molecule has 2 aromatic heterocycles. The van der Waals surface area contributed by atoms with Crippen LogP contribution in [0.1, 0.15) is 16.8 Å². The fraction of sp³-hybridized carbons (Fsp3) is 0.361. The predicted molar refractivity (Wildman–Crippen MR) is 207 cm³/mol. The summed E-state index contributed by atoms with van der Waals surface area (Å²) in [5.41, 5.74) is 2.57. The van der Waals surface area contributed by atoms with Crippen LogP contribution in [0.5, 0.6) is 11.5 Å². The van der Waals surface area contributed by atoms with Gasteiger partial charge in [0.2, 0.25) is 10.2 Å². The number of nitrogens with one attached hydrogen (secondary N) is 1. The number of hydrogen-bond acceptors (Lipinski definition) is 17. The molecule has 0 aliphatic rings. The number of aromatic nitrogens is 4. The van der Waals surface area contributed by atoms with E-state index in [1.807, 2.05) is 13.0 Å². The third kappa shape index (κ3) is 13.8. The maximum atomic E-state index is 12.8. The van der Waals surface area contributed by atoms with E-state index in [1.54, 1.807) is 48.5 Å². The molecule has 0 radical (unpaired) electrons. The minimum absolute atomic E-state index is 0.00735. The Balaban J connectivity index is 0.959. The number of aryl methyl sites for hydroxylation is 1. The fourth-order valence-electron chi connectivity index (χ4n) is 4.97. The Bertz CT molecular complexity index is 2350. The van der Waals surface area contributed by atoms with Crippen molar-refractivity contribution in [2.45, 2.75) is 42.0 Å². The number of primary sulfonamides is 1. The summed E-state index contributed by atoms with van der Waals surface area (Å²) in [6.07, 6.45) is 1.51. The summed E-state index contributed by atoms with van der Waals surface area (Å²) in [7, 11) is -6.57. The summed E-state index contributed by atoms with van der Waals surface area (Å²) >= 11 is 0.923. The minimum atomic E-state index is -3.93. The van der Waals surface area contributed by atoms with E-state index in [9.17, 15) is 26.4 Å². The molecule has 3 N–H and O–H groups in total. The number of sulfonamides is 1. The van der Waals surface area contributed by atoms with Crippen molar-refractivity contribution < 1.29 is 59.0 Å². The van der Waals surface area contributed by atoms with E-state index in [0.29, 0.717) is 27.4 Å². The molecule has 0 saturated carbocycles. The molecule has 0 spiro atoms. The Labute approximate surface area is 338 Å². The van der Waals surface area contributed by atoms with E-state index >= 15 is 0 Å². The van der Waals surface area contributed by atoms with Gasteiger partial charge in [-0.15, -0.1) is 16.4 Å². The second-order valence-electron chi connectivity index (χ2n) is 12.3. The van der Waals surface area contributed by atoms with Gasteiger partial charge in [-0.1, -0.05) is 35.0 Å². The summed E-state index contributed by atoms with van der Waals surface area (Å²) in [4.78, 5) is 29.3. The van der Waals surface area contributed by atoms with Gasteiger partial charge in [-0.3, -0.25) is 8.98 Å². The van der Waals surface area contributed by atoms with Crippen molar-refractivity contribution in [3.63, 3.8) is 0 Å². The molecule has 0 fully saturated rings. The van der Waals surface area contributed by atoms with Crippen LogP contribution in [0.3, 0.4) is 0 Å². The van der Waals surface area contributed by atoms with E-state index < -0.39 is 38.1 Å². The van der Waals surface area contributed by atoms with Gasteiger partial charge < -0.3 is 33.7 Å². The highest BCUT2D eigenvalue weighted by Gasteiger charge is 2.23. The van der Waals surface area contributed by atoms with Gasteiger partial charge in [0, 0.05) is 0 Å². The molecule has 22 heteroatoms. The minimum Gasteiger partial charge on any atom is -0.491 e. The average Bonchev–Trinajstić information content (AvgIpc) is 3.84. The number of amides is 1. The topological polar surface area (TPSA) is 249 Å². The number of carbonyl (C=O) groups excluding carboxylic acids is 2. The number of nitrogens with two attached hydrogens (primary N) is 1. The van der Waals surface area contributed by atoms with E-state index in [4.69, 9.17) is 37.7 Å². The molecule has 0 saturated heterocycles. The summed E-state index contributed by atoms with van der Waals surface area (Å²) in [5.74, 6) is -0.231. The molecule has 312 valence electrons. The molecule has 3 aromatic carbocycles. The maximum absolute atomic E-state index is 12.8. The largest absolute Gasteiger partial charge is 0.491 e. The van der Waals surface area contributed by atoms with Gasteiger partial charge in [0.15, 0.2) is 6.04 Å². The molecular formula is C36H42N6O13S3. The Morgan fingerprint density at radius 1 is 0.862 bits per heavy atom. The number of nitrogens with zero attached hydrogens (tertiary/aromatic N) is 4. The first-order valence-electron chi connectivity index (χ1n) is 17.5. The Kier molecular flexibility index (Phi) is 16.0. The van der Waals surface area contributed by atoms with Gasteiger partial charge in [-0.25, -0.2) is 28.0 Å². The number of fused-ring (bicyclic) bond motifs is 1. The Hall–Kier alpha value is -5.07. The van der Waals surface area contributed by atoms with Crippen LogP contribution >= 0.6 is 11.3 Å². The molecule has 1 atom stereocenters. The quantitative estimate of drug-likeness (QED) is 0.0512. The summed E-state index contributed by atoms with van der Waals surface area (Å²) in [6, 6.07) is 17.3. The lowest BCUT2D eigenvalue weighted by Crippen LogP contribution is -2.45. The summed E-state index contributed by atoms with van der Waals surface area (Å²) in [5, 5.41) is 15.7. The molecule has 19 nitrogen and oxygen atoms in total. The zero-order valence-electron chi connectivity index (χ0n) is 31.5. The molecule has 5 rings (SSSR count). The normalized spacial score (nSPS) is 12.3. The second kappa shape index (κ2) is 21.1. The first-order chi connectivity index (χ1) is 27.8. The van der Waals surface area contributed by atoms with Crippen molar-refractivity contribution in [2.24, 2.45) is 5.14 Å². The third-order valence-electron chi connectivity index (χ3n) is 7.78. The van der Waals surface area contributed by atoms with Crippen molar-refractivity contribution in [3.8, 4) is 11.5 Å². The van der Waals surface area contributed by atoms with E-state index in [2.05, 4.69) is 20.6 Å². The molecule has 0 aliphatic carbocycles. The van der Waals surface area contributed by atoms with Crippen molar-refractivity contribution in [1.29, 1.82) is 0 Å². The van der Waals surface area contributed by atoms with E-state index in [-0.39, 0.29) is 75.2 Å². The molecule has 1 amide bonds. The average molecular weight is 863 g/mol. The van der Waals surface area contributed by atoms with Gasteiger partial charge >= 0.3 is 5.97 Å². The number of rotatable bonds is 24. The number of hydrogen-bond donors (Lipinski definition) is 2. The predicted octanol–water partition coefficient (Wildman–Crippen LogP) is 2.11. The van der Waals surface area contributed by atoms with Crippen LogP contribution in [0.2, 0.25) is 0 Å². The highest BCUT2D eigenvalue weighted by molar-refractivity contribution is 7.91. The van der Waals surface area contributed by atoms with Crippen molar-refractivity contribution in [1.82, 2.24) is 25.3 Å².